The Bertz CT molecular complexity index is 783. The summed E-state index contributed by atoms with van der Waals surface area (Å²) in [5.41, 5.74) is 1.52. The molecule has 0 radical (unpaired) electrons. The number of imidazole rings is 1. The maximum atomic E-state index is 11.8. The lowest BCUT2D eigenvalue weighted by Gasteiger charge is -2.01. The van der Waals surface area contributed by atoms with Crippen LogP contribution >= 0.6 is 34.5 Å². The molecule has 0 unspecified atom stereocenters. The normalized spacial score (nSPS) is 11.0. The highest BCUT2D eigenvalue weighted by molar-refractivity contribution is 7.12. The molecule has 3 heterocycles. The lowest BCUT2D eigenvalue weighted by atomic mass is 10.3. The molecule has 3 aromatic heterocycles. The smallest absolute Gasteiger partial charge is 0.261 e. The zero-order chi connectivity index (χ0) is 14.8. The van der Waals surface area contributed by atoms with Crippen LogP contribution in [0.2, 0.25) is 10.0 Å². The van der Waals surface area contributed by atoms with E-state index in [-0.39, 0.29) is 5.91 Å². The van der Waals surface area contributed by atoms with E-state index in [1.165, 1.54) is 11.3 Å². The summed E-state index contributed by atoms with van der Waals surface area (Å²) in [6.45, 7) is 0.520. The van der Waals surface area contributed by atoms with Gasteiger partial charge in [0.1, 0.15) is 0 Å². The molecular formula is C14H11Cl2N3OS. The number of fused-ring (bicyclic) bond motifs is 1. The van der Waals surface area contributed by atoms with E-state index >= 15 is 0 Å². The molecular weight excluding hydrogens is 329 g/mol. The van der Waals surface area contributed by atoms with E-state index in [1.807, 2.05) is 17.6 Å². The van der Waals surface area contributed by atoms with Gasteiger partial charge in [-0.25, -0.2) is 4.98 Å². The maximum absolute atomic E-state index is 11.8. The lowest BCUT2D eigenvalue weighted by molar-refractivity contribution is 0.0958. The number of amides is 1. The molecule has 1 N–H and O–H groups in total. The Balaban J connectivity index is 1.66. The van der Waals surface area contributed by atoms with Gasteiger partial charge in [0.2, 0.25) is 0 Å². The molecule has 0 saturated heterocycles. The van der Waals surface area contributed by atoms with E-state index in [2.05, 4.69) is 10.3 Å². The molecule has 21 heavy (non-hydrogen) atoms. The number of nitrogens with one attached hydrogen (secondary N) is 1. The molecule has 0 spiro atoms. The monoisotopic (exact) mass is 339 g/mol. The van der Waals surface area contributed by atoms with Crippen molar-refractivity contribution in [1.82, 2.24) is 14.7 Å². The van der Waals surface area contributed by atoms with Crippen LogP contribution < -0.4 is 5.32 Å². The van der Waals surface area contributed by atoms with E-state index in [1.54, 1.807) is 22.7 Å². The van der Waals surface area contributed by atoms with Gasteiger partial charge in [-0.05, 0) is 17.5 Å². The summed E-state index contributed by atoms with van der Waals surface area (Å²) < 4.78 is 1.79. The largest absolute Gasteiger partial charge is 0.351 e. The highest BCUT2D eigenvalue weighted by Gasteiger charge is 2.08. The van der Waals surface area contributed by atoms with Gasteiger partial charge in [-0.3, -0.25) is 4.79 Å². The number of aromatic nitrogens is 2. The molecule has 3 aromatic rings. The van der Waals surface area contributed by atoms with Crippen molar-refractivity contribution in [3.8, 4) is 0 Å². The number of hydrogen-bond acceptors (Lipinski definition) is 3. The third kappa shape index (κ3) is 3.20. The van der Waals surface area contributed by atoms with Crippen molar-refractivity contribution < 1.29 is 4.79 Å². The zero-order valence-corrected chi connectivity index (χ0v) is 13.2. The summed E-state index contributed by atoms with van der Waals surface area (Å²) in [5, 5.41) is 5.81. The number of thiophene rings is 1. The summed E-state index contributed by atoms with van der Waals surface area (Å²) in [6, 6.07) is 5.31. The number of nitrogens with zero attached hydrogens (tertiary/aromatic N) is 2. The van der Waals surface area contributed by atoms with E-state index in [4.69, 9.17) is 23.2 Å². The third-order valence-electron chi connectivity index (χ3n) is 2.93. The second kappa shape index (κ2) is 6.05. The molecule has 3 rings (SSSR count). The summed E-state index contributed by atoms with van der Waals surface area (Å²) >= 11 is 13.5. The van der Waals surface area contributed by atoms with Crippen molar-refractivity contribution in [2.45, 2.75) is 6.42 Å². The molecule has 0 aliphatic carbocycles. The van der Waals surface area contributed by atoms with Gasteiger partial charge < -0.3 is 9.72 Å². The van der Waals surface area contributed by atoms with Crippen molar-refractivity contribution in [3.05, 3.63) is 56.6 Å². The minimum atomic E-state index is -0.0603. The number of halogens is 2. The van der Waals surface area contributed by atoms with Gasteiger partial charge in [0.05, 0.1) is 20.6 Å². The van der Waals surface area contributed by atoms with Crippen molar-refractivity contribution in [3.63, 3.8) is 0 Å². The molecule has 1 amide bonds. The quantitative estimate of drug-likeness (QED) is 0.788. The molecule has 108 valence electrons. The van der Waals surface area contributed by atoms with Gasteiger partial charge in [0.15, 0.2) is 5.65 Å². The predicted molar refractivity (Wildman–Crippen MR) is 85.6 cm³/mol. The fourth-order valence-corrected chi connectivity index (χ4v) is 3.16. The number of rotatable bonds is 4. The van der Waals surface area contributed by atoms with Gasteiger partial charge in [0, 0.05) is 25.4 Å². The van der Waals surface area contributed by atoms with Crippen LogP contribution in [0.4, 0.5) is 0 Å². The number of carbonyl (C=O) groups excluding carboxylic acids is 1. The van der Waals surface area contributed by atoms with E-state index in [0.717, 1.165) is 5.69 Å². The molecule has 0 atom stereocenters. The summed E-state index contributed by atoms with van der Waals surface area (Å²) in [7, 11) is 0. The minimum absolute atomic E-state index is 0.0603. The molecule has 0 fully saturated rings. The van der Waals surface area contributed by atoms with Crippen LogP contribution in [0.25, 0.3) is 5.65 Å². The van der Waals surface area contributed by atoms with Gasteiger partial charge in [-0.1, -0.05) is 29.3 Å². The van der Waals surface area contributed by atoms with Crippen LogP contribution in [0, 0.1) is 0 Å². The predicted octanol–water partition coefficient (Wildman–Crippen LogP) is 3.68. The number of hydrogen-bond donors (Lipinski definition) is 1. The van der Waals surface area contributed by atoms with Crippen LogP contribution in [0.15, 0.2) is 36.0 Å². The topological polar surface area (TPSA) is 46.4 Å². The van der Waals surface area contributed by atoms with Crippen LogP contribution in [-0.2, 0) is 6.42 Å². The second-order valence-corrected chi connectivity index (χ2v) is 6.24. The first-order valence-corrected chi connectivity index (χ1v) is 7.91. The van der Waals surface area contributed by atoms with Crippen molar-refractivity contribution in [2.24, 2.45) is 0 Å². The Morgan fingerprint density at radius 1 is 1.38 bits per heavy atom. The van der Waals surface area contributed by atoms with Gasteiger partial charge >= 0.3 is 0 Å². The molecule has 7 heteroatoms. The van der Waals surface area contributed by atoms with Crippen LogP contribution in [-0.4, -0.2) is 21.8 Å². The summed E-state index contributed by atoms with van der Waals surface area (Å²) in [5.74, 6) is -0.0603. The molecule has 0 aliphatic rings. The molecule has 0 saturated carbocycles. The van der Waals surface area contributed by atoms with E-state index in [9.17, 15) is 4.79 Å². The molecule has 0 bridgehead atoms. The van der Waals surface area contributed by atoms with E-state index in [0.29, 0.717) is 33.5 Å². The average molecular weight is 340 g/mol. The SMILES string of the molecule is O=C(NCCc1cn2cc(Cl)cc(Cl)c2n1)c1cccs1. The van der Waals surface area contributed by atoms with Crippen molar-refractivity contribution in [1.29, 1.82) is 0 Å². The highest BCUT2D eigenvalue weighted by atomic mass is 35.5. The van der Waals surface area contributed by atoms with Crippen molar-refractivity contribution in [2.75, 3.05) is 6.54 Å². The average Bonchev–Trinajstić information content (AvgIpc) is 3.07. The molecule has 4 nitrogen and oxygen atoms in total. The highest BCUT2D eigenvalue weighted by Crippen LogP contribution is 2.21. The molecule has 0 aliphatic heterocycles. The lowest BCUT2D eigenvalue weighted by Crippen LogP contribution is -2.24. The minimum Gasteiger partial charge on any atom is -0.351 e. The second-order valence-electron chi connectivity index (χ2n) is 4.45. The van der Waals surface area contributed by atoms with Gasteiger partial charge in [-0.15, -0.1) is 11.3 Å². The first-order chi connectivity index (χ1) is 10.1. The third-order valence-corrected chi connectivity index (χ3v) is 4.29. The van der Waals surface area contributed by atoms with Crippen LogP contribution in [0.1, 0.15) is 15.4 Å². The van der Waals surface area contributed by atoms with E-state index < -0.39 is 0 Å². The fraction of sp³-hybridized carbons (Fsp3) is 0.143. The molecule has 0 aromatic carbocycles. The van der Waals surface area contributed by atoms with Gasteiger partial charge in [0.25, 0.3) is 5.91 Å². The Kier molecular flexibility index (Phi) is 4.14. The Morgan fingerprint density at radius 3 is 3.00 bits per heavy atom. The number of carbonyl (C=O) groups is 1. The summed E-state index contributed by atoms with van der Waals surface area (Å²) in [4.78, 5) is 16.9. The summed E-state index contributed by atoms with van der Waals surface area (Å²) in [6.07, 6.45) is 4.25. The fourth-order valence-electron chi connectivity index (χ4n) is 1.99. The standard InChI is InChI=1S/C14H11Cl2N3OS/c15-9-6-11(16)13-18-10(8-19(13)7-9)3-4-17-14(20)12-2-1-5-21-12/h1-2,5-8H,3-4H2,(H,17,20). The first kappa shape index (κ1) is 14.4. The Morgan fingerprint density at radius 2 is 2.24 bits per heavy atom. The van der Waals surface area contributed by atoms with Crippen molar-refractivity contribution >= 4 is 46.1 Å². The zero-order valence-electron chi connectivity index (χ0n) is 10.8. The van der Waals surface area contributed by atoms with Crippen LogP contribution in [0.5, 0.6) is 0 Å². The Labute approximate surface area is 135 Å². The maximum Gasteiger partial charge on any atom is 0.261 e. The first-order valence-electron chi connectivity index (χ1n) is 6.28. The Hall–Kier alpha value is -1.56. The van der Waals surface area contributed by atoms with Crippen LogP contribution in [0.3, 0.4) is 0 Å². The van der Waals surface area contributed by atoms with Gasteiger partial charge in [-0.2, -0.15) is 0 Å². The number of pyridine rings is 1.